The number of aliphatic hydroxyl groups is 1. The van der Waals surface area contributed by atoms with Crippen LogP contribution >= 0.6 is 0 Å². The molecule has 0 aliphatic heterocycles. The van der Waals surface area contributed by atoms with Crippen LogP contribution in [0.5, 0.6) is 0 Å². The predicted molar refractivity (Wildman–Crippen MR) is 111 cm³/mol. The van der Waals surface area contributed by atoms with Crippen LogP contribution in [-0.2, 0) is 4.79 Å². The van der Waals surface area contributed by atoms with Gasteiger partial charge in [-0.15, -0.1) is 0 Å². The molecule has 2 atom stereocenters. The Morgan fingerprint density at radius 3 is 2.45 bits per heavy atom. The van der Waals surface area contributed by atoms with Gasteiger partial charge in [0.15, 0.2) is 0 Å². The monoisotopic (exact) mass is 428 g/mol. The van der Waals surface area contributed by atoms with Gasteiger partial charge in [-0.05, 0) is 79.5 Å². The van der Waals surface area contributed by atoms with Gasteiger partial charge in [-0.3, -0.25) is 4.79 Å². The van der Waals surface area contributed by atoms with Crippen molar-refractivity contribution in [1.29, 1.82) is 0 Å². The second kappa shape index (κ2) is 7.71. The van der Waals surface area contributed by atoms with Crippen LogP contribution in [0.4, 0.5) is 13.2 Å². The van der Waals surface area contributed by atoms with Gasteiger partial charge in [0.25, 0.3) is 0 Å². The van der Waals surface area contributed by atoms with E-state index in [-0.39, 0.29) is 35.1 Å². The average Bonchev–Trinajstić information content (AvgIpc) is 3.26. The van der Waals surface area contributed by atoms with Crippen LogP contribution in [0, 0.1) is 23.4 Å². The summed E-state index contributed by atoms with van der Waals surface area (Å²) in [5, 5.41) is 13.3. The zero-order valence-corrected chi connectivity index (χ0v) is 16.8. The van der Waals surface area contributed by atoms with E-state index >= 15 is 0 Å². The number of benzene rings is 2. The first-order chi connectivity index (χ1) is 14.9. The molecule has 2 aliphatic carbocycles. The predicted octanol–water partition coefficient (Wildman–Crippen LogP) is 4.78. The minimum atomic E-state index is -0.687. The smallest absolute Gasteiger partial charge is 0.223 e. The third kappa shape index (κ3) is 3.61. The molecular formula is C24H23F3N2O2. The van der Waals surface area contributed by atoms with Crippen LogP contribution in [0.2, 0.25) is 0 Å². The Balaban J connectivity index is 1.44. The summed E-state index contributed by atoms with van der Waals surface area (Å²) >= 11 is 0. The fraction of sp³-hybridized carbons (Fsp3) is 0.375. The lowest BCUT2D eigenvalue weighted by Gasteiger charge is -2.36. The van der Waals surface area contributed by atoms with Crippen molar-refractivity contribution in [3.63, 3.8) is 0 Å². The first-order valence-electron chi connectivity index (χ1n) is 10.7. The molecule has 2 saturated carbocycles. The van der Waals surface area contributed by atoms with E-state index in [1.165, 1.54) is 18.2 Å². The molecule has 0 unspecified atom stereocenters. The zero-order chi connectivity index (χ0) is 21.7. The van der Waals surface area contributed by atoms with Crippen molar-refractivity contribution in [2.24, 2.45) is 5.92 Å². The highest BCUT2D eigenvalue weighted by Crippen LogP contribution is 2.48. The zero-order valence-electron chi connectivity index (χ0n) is 16.8. The molecule has 1 amide bonds. The second-order valence-electron chi connectivity index (χ2n) is 8.71. The molecule has 1 aromatic heterocycles. The quantitative estimate of drug-likeness (QED) is 0.560. The number of hydrogen-bond acceptors (Lipinski definition) is 2. The Hall–Kier alpha value is -2.80. The Kier molecular flexibility index (Phi) is 5.01. The molecule has 31 heavy (non-hydrogen) atoms. The minimum Gasteiger partial charge on any atom is -0.391 e. The van der Waals surface area contributed by atoms with Gasteiger partial charge in [-0.2, -0.15) is 0 Å². The van der Waals surface area contributed by atoms with E-state index < -0.39 is 17.7 Å². The van der Waals surface area contributed by atoms with Gasteiger partial charge < -0.3 is 15.4 Å². The van der Waals surface area contributed by atoms with Crippen LogP contribution in [0.25, 0.3) is 22.2 Å². The van der Waals surface area contributed by atoms with Crippen LogP contribution < -0.4 is 5.32 Å². The highest BCUT2D eigenvalue weighted by Gasteiger charge is 2.40. The fourth-order valence-electron chi connectivity index (χ4n) is 4.99. The van der Waals surface area contributed by atoms with Crippen LogP contribution in [-0.4, -0.2) is 28.1 Å². The van der Waals surface area contributed by atoms with E-state index in [1.807, 2.05) is 0 Å². The molecule has 1 heterocycles. The first-order valence-corrected chi connectivity index (χ1v) is 10.7. The molecule has 0 spiro atoms. The number of amides is 1. The molecule has 0 radical (unpaired) electrons. The maximum atomic E-state index is 14.5. The van der Waals surface area contributed by atoms with Gasteiger partial charge in [0.05, 0.1) is 23.4 Å². The van der Waals surface area contributed by atoms with E-state index in [1.54, 1.807) is 12.1 Å². The topological polar surface area (TPSA) is 65.1 Å². The summed E-state index contributed by atoms with van der Waals surface area (Å²) in [5.74, 6) is -2.08. The number of nitrogens with one attached hydrogen (secondary N) is 2. The summed E-state index contributed by atoms with van der Waals surface area (Å²) in [5.41, 5.74) is 2.26. The number of carbonyl (C=O) groups is 1. The summed E-state index contributed by atoms with van der Waals surface area (Å²) < 4.78 is 41.9. The molecule has 3 aromatic rings. The third-order valence-electron chi connectivity index (χ3n) is 6.72. The largest absolute Gasteiger partial charge is 0.391 e. The van der Waals surface area contributed by atoms with Gasteiger partial charge in [0.2, 0.25) is 5.91 Å². The molecule has 162 valence electrons. The Morgan fingerprint density at radius 1 is 1.03 bits per heavy atom. The third-order valence-corrected chi connectivity index (χ3v) is 6.72. The number of carbonyl (C=O) groups excluding carboxylic acids is 1. The minimum absolute atomic E-state index is 0.0562. The van der Waals surface area contributed by atoms with Gasteiger partial charge >= 0.3 is 0 Å². The molecule has 2 aliphatic rings. The molecule has 5 rings (SSSR count). The van der Waals surface area contributed by atoms with Crippen molar-refractivity contribution in [1.82, 2.24) is 10.3 Å². The van der Waals surface area contributed by atoms with Crippen molar-refractivity contribution in [2.45, 2.75) is 50.2 Å². The summed E-state index contributed by atoms with van der Waals surface area (Å²) in [6, 6.07) is 7.79. The van der Waals surface area contributed by atoms with Crippen molar-refractivity contribution in [2.75, 3.05) is 0 Å². The number of aromatic amines is 1. The molecule has 4 nitrogen and oxygen atoms in total. The Labute approximate surface area is 177 Å². The standard InChI is InChI=1S/C24H23F3N2O2/c25-15-6-4-12(5-7-15)22-21(17-10-16(26)11-18(27)23(17)29-22)13-8-14(9-13)24(31)28-19-2-1-3-20(19)30/h4-7,10-11,13-14,19-20,29-30H,1-3,8-9H2,(H,28,31)/t13?,14?,19-,20-/m0/s1. The summed E-state index contributed by atoms with van der Waals surface area (Å²) in [4.78, 5) is 15.7. The normalized spacial score (nSPS) is 25.5. The molecule has 0 saturated heterocycles. The van der Waals surface area contributed by atoms with Crippen LogP contribution in [0.15, 0.2) is 36.4 Å². The van der Waals surface area contributed by atoms with Crippen LogP contribution in [0.3, 0.4) is 0 Å². The van der Waals surface area contributed by atoms with Crippen LogP contribution in [0.1, 0.15) is 43.6 Å². The van der Waals surface area contributed by atoms with E-state index in [0.717, 1.165) is 24.5 Å². The average molecular weight is 428 g/mol. The number of H-pyrrole nitrogens is 1. The molecule has 3 N–H and O–H groups in total. The lowest BCUT2D eigenvalue weighted by atomic mass is 9.69. The summed E-state index contributed by atoms with van der Waals surface area (Å²) in [6.07, 6.45) is 2.98. The lowest BCUT2D eigenvalue weighted by Crippen LogP contribution is -2.45. The van der Waals surface area contributed by atoms with Gasteiger partial charge in [-0.25, -0.2) is 13.2 Å². The Morgan fingerprint density at radius 2 is 1.77 bits per heavy atom. The Bertz CT molecular complexity index is 1140. The SMILES string of the molecule is O=C(N[C@H]1CCC[C@@H]1O)C1CC(c2c(-c3ccc(F)cc3)[nH]c3c(F)cc(F)cc23)C1. The van der Waals surface area contributed by atoms with Crippen molar-refractivity contribution >= 4 is 16.8 Å². The van der Waals surface area contributed by atoms with Crippen molar-refractivity contribution < 1.29 is 23.1 Å². The summed E-state index contributed by atoms with van der Waals surface area (Å²) in [6.45, 7) is 0. The van der Waals surface area contributed by atoms with E-state index in [4.69, 9.17) is 0 Å². The van der Waals surface area contributed by atoms with E-state index in [9.17, 15) is 23.1 Å². The molecule has 7 heteroatoms. The molecule has 2 aromatic carbocycles. The number of halogens is 3. The van der Waals surface area contributed by atoms with Gasteiger partial charge in [0.1, 0.15) is 17.5 Å². The number of aliphatic hydroxyl groups excluding tert-OH is 1. The molecule has 2 fully saturated rings. The van der Waals surface area contributed by atoms with E-state index in [0.29, 0.717) is 35.9 Å². The van der Waals surface area contributed by atoms with Crippen molar-refractivity contribution in [3.05, 3.63) is 59.4 Å². The number of aromatic nitrogens is 1. The lowest BCUT2D eigenvalue weighted by molar-refractivity contribution is -0.129. The van der Waals surface area contributed by atoms with E-state index in [2.05, 4.69) is 10.3 Å². The highest BCUT2D eigenvalue weighted by molar-refractivity contribution is 5.92. The maximum Gasteiger partial charge on any atom is 0.223 e. The first kappa shape index (κ1) is 20.1. The van der Waals surface area contributed by atoms with Gasteiger partial charge in [-0.1, -0.05) is 0 Å². The number of fused-ring (bicyclic) bond motifs is 1. The highest BCUT2D eigenvalue weighted by atomic mass is 19.1. The van der Waals surface area contributed by atoms with Gasteiger partial charge in [0, 0.05) is 17.4 Å². The maximum absolute atomic E-state index is 14.5. The molecular weight excluding hydrogens is 405 g/mol. The molecule has 0 bridgehead atoms. The second-order valence-corrected chi connectivity index (χ2v) is 8.71. The summed E-state index contributed by atoms with van der Waals surface area (Å²) in [7, 11) is 0. The fourth-order valence-corrected chi connectivity index (χ4v) is 4.99. The van der Waals surface area contributed by atoms with Crippen molar-refractivity contribution in [3.8, 4) is 11.3 Å². The number of rotatable bonds is 4. The number of hydrogen-bond donors (Lipinski definition) is 3.